The molecule has 1 unspecified atom stereocenters. The number of nitrogens with one attached hydrogen (secondary N) is 1. The van der Waals surface area contributed by atoms with E-state index in [0.29, 0.717) is 12.3 Å². The molecule has 19 heavy (non-hydrogen) atoms. The van der Waals surface area contributed by atoms with Crippen LogP contribution in [-0.2, 0) is 4.79 Å². The zero-order valence-corrected chi connectivity index (χ0v) is 10.6. The van der Waals surface area contributed by atoms with Gasteiger partial charge in [-0.1, -0.05) is 6.07 Å². The van der Waals surface area contributed by atoms with Crippen LogP contribution in [0.5, 0.6) is 5.75 Å². The van der Waals surface area contributed by atoms with E-state index in [1.807, 2.05) is 0 Å². The Balaban J connectivity index is 2.82. The van der Waals surface area contributed by atoms with Gasteiger partial charge in [0, 0.05) is 0 Å². The molecule has 0 saturated heterocycles. The second-order valence-electron chi connectivity index (χ2n) is 3.79. The molecule has 1 rings (SSSR count). The van der Waals surface area contributed by atoms with Crippen molar-refractivity contribution in [2.75, 3.05) is 18.9 Å². The number of aliphatic hydroxyl groups excluding tert-OH is 1. The molecule has 0 heterocycles. The van der Waals surface area contributed by atoms with E-state index in [1.54, 1.807) is 19.1 Å². The molecular formula is C12H17N3O4. The standard InChI is InChI=1S/C12H17N3O4/c1-2-19-10-7(4-3-5-8(10)13)12(18)15-6-9(16)11(14)17/h3-5,9,16H,2,6,13H2,1H3,(H2,14,17)(H,15,18). The lowest BCUT2D eigenvalue weighted by Crippen LogP contribution is -2.40. The number of primary amides is 1. The van der Waals surface area contributed by atoms with Crippen molar-refractivity contribution in [3.8, 4) is 5.75 Å². The average molecular weight is 267 g/mol. The fourth-order valence-corrected chi connectivity index (χ4v) is 1.42. The molecule has 1 atom stereocenters. The third kappa shape index (κ3) is 3.85. The van der Waals surface area contributed by atoms with E-state index in [9.17, 15) is 14.7 Å². The minimum Gasteiger partial charge on any atom is -0.491 e. The van der Waals surface area contributed by atoms with Crippen molar-refractivity contribution in [2.24, 2.45) is 5.73 Å². The Labute approximate surface area is 110 Å². The average Bonchev–Trinajstić information content (AvgIpc) is 2.37. The van der Waals surface area contributed by atoms with Gasteiger partial charge in [0.05, 0.1) is 24.4 Å². The van der Waals surface area contributed by atoms with E-state index in [1.165, 1.54) is 6.07 Å². The van der Waals surface area contributed by atoms with Gasteiger partial charge in [0.2, 0.25) is 5.91 Å². The number of ether oxygens (including phenoxy) is 1. The van der Waals surface area contributed by atoms with Crippen LogP contribution < -0.4 is 21.5 Å². The maximum absolute atomic E-state index is 11.9. The SMILES string of the molecule is CCOc1c(N)cccc1C(=O)NCC(O)C(N)=O. The third-order valence-corrected chi connectivity index (χ3v) is 2.36. The van der Waals surface area contributed by atoms with Crippen molar-refractivity contribution < 1.29 is 19.4 Å². The summed E-state index contributed by atoms with van der Waals surface area (Å²) in [5.41, 5.74) is 11.2. The summed E-state index contributed by atoms with van der Waals surface area (Å²) in [7, 11) is 0. The van der Waals surface area contributed by atoms with Crippen molar-refractivity contribution >= 4 is 17.5 Å². The summed E-state index contributed by atoms with van der Waals surface area (Å²) in [6.45, 7) is 1.86. The molecule has 0 saturated carbocycles. The zero-order chi connectivity index (χ0) is 14.4. The summed E-state index contributed by atoms with van der Waals surface area (Å²) in [6, 6.07) is 4.75. The second kappa shape index (κ2) is 6.60. The normalized spacial score (nSPS) is 11.7. The molecule has 0 aliphatic carbocycles. The smallest absolute Gasteiger partial charge is 0.255 e. The molecule has 0 spiro atoms. The Kier molecular flexibility index (Phi) is 5.13. The molecule has 0 fully saturated rings. The monoisotopic (exact) mass is 267 g/mol. The number of rotatable bonds is 6. The lowest BCUT2D eigenvalue weighted by molar-refractivity contribution is -0.125. The van der Waals surface area contributed by atoms with Crippen LogP contribution in [0.3, 0.4) is 0 Å². The van der Waals surface area contributed by atoms with E-state index in [4.69, 9.17) is 16.2 Å². The highest BCUT2D eigenvalue weighted by Gasteiger charge is 2.17. The first-order valence-electron chi connectivity index (χ1n) is 5.74. The van der Waals surface area contributed by atoms with Gasteiger partial charge in [-0.05, 0) is 19.1 Å². The van der Waals surface area contributed by atoms with Crippen LogP contribution in [0.2, 0.25) is 0 Å². The summed E-state index contributed by atoms with van der Waals surface area (Å²) in [5.74, 6) is -1.13. The number of amides is 2. The number of nitrogen functional groups attached to an aromatic ring is 1. The van der Waals surface area contributed by atoms with Gasteiger partial charge >= 0.3 is 0 Å². The minimum absolute atomic E-state index is 0.235. The van der Waals surface area contributed by atoms with Gasteiger partial charge in [-0.3, -0.25) is 9.59 Å². The number of benzene rings is 1. The highest BCUT2D eigenvalue weighted by molar-refractivity contribution is 5.98. The Morgan fingerprint density at radius 2 is 2.16 bits per heavy atom. The van der Waals surface area contributed by atoms with E-state index >= 15 is 0 Å². The number of anilines is 1. The fourth-order valence-electron chi connectivity index (χ4n) is 1.42. The van der Waals surface area contributed by atoms with Gasteiger partial charge in [-0.25, -0.2) is 0 Å². The molecule has 0 bridgehead atoms. The predicted molar refractivity (Wildman–Crippen MR) is 69.6 cm³/mol. The fraction of sp³-hybridized carbons (Fsp3) is 0.333. The Hall–Kier alpha value is -2.28. The first-order valence-corrected chi connectivity index (χ1v) is 5.74. The molecule has 7 heteroatoms. The highest BCUT2D eigenvalue weighted by Crippen LogP contribution is 2.26. The van der Waals surface area contributed by atoms with Crippen molar-refractivity contribution in [3.05, 3.63) is 23.8 Å². The van der Waals surface area contributed by atoms with Gasteiger partial charge < -0.3 is 26.6 Å². The van der Waals surface area contributed by atoms with Crippen LogP contribution in [0.4, 0.5) is 5.69 Å². The highest BCUT2D eigenvalue weighted by atomic mass is 16.5. The number of para-hydroxylation sites is 1. The van der Waals surface area contributed by atoms with E-state index in [2.05, 4.69) is 5.32 Å². The number of hydrogen-bond donors (Lipinski definition) is 4. The summed E-state index contributed by atoms with van der Waals surface area (Å²) in [4.78, 5) is 22.6. The molecule has 6 N–H and O–H groups in total. The quantitative estimate of drug-likeness (QED) is 0.504. The summed E-state index contributed by atoms with van der Waals surface area (Å²) in [5, 5.41) is 11.6. The molecule has 0 aromatic heterocycles. The van der Waals surface area contributed by atoms with Crippen LogP contribution in [0, 0.1) is 0 Å². The van der Waals surface area contributed by atoms with Gasteiger partial charge in [-0.15, -0.1) is 0 Å². The number of carbonyl (C=O) groups is 2. The molecule has 2 amide bonds. The molecule has 104 valence electrons. The van der Waals surface area contributed by atoms with Crippen LogP contribution >= 0.6 is 0 Å². The number of aliphatic hydroxyl groups is 1. The van der Waals surface area contributed by atoms with Gasteiger partial charge in [0.1, 0.15) is 6.10 Å². The maximum atomic E-state index is 11.9. The first-order chi connectivity index (χ1) is 8.97. The number of hydrogen-bond acceptors (Lipinski definition) is 5. The van der Waals surface area contributed by atoms with Crippen molar-refractivity contribution in [1.29, 1.82) is 0 Å². The lowest BCUT2D eigenvalue weighted by atomic mass is 10.1. The molecular weight excluding hydrogens is 250 g/mol. The zero-order valence-electron chi connectivity index (χ0n) is 10.6. The van der Waals surface area contributed by atoms with Crippen LogP contribution in [0.1, 0.15) is 17.3 Å². The van der Waals surface area contributed by atoms with E-state index in [-0.39, 0.29) is 17.9 Å². The molecule has 0 aliphatic heterocycles. The largest absolute Gasteiger partial charge is 0.491 e. The molecule has 1 aromatic rings. The molecule has 7 nitrogen and oxygen atoms in total. The minimum atomic E-state index is -1.43. The van der Waals surface area contributed by atoms with E-state index < -0.39 is 17.9 Å². The van der Waals surface area contributed by atoms with Crippen molar-refractivity contribution in [3.63, 3.8) is 0 Å². The topological polar surface area (TPSA) is 128 Å². The molecule has 0 radical (unpaired) electrons. The van der Waals surface area contributed by atoms with Crippen molar-refractivity contribution in [1.82, 2.24) is 5.32 Å². The van der Waals surface area contributed by atoms with E-state index in [0.717, 1.165) is 0 Å². The van der Waals surface area contributed by atoms with Gasteiger partial charge in [-0.2, -0.15) is 0 Å². The second-order valence-corrected chi connectivity index (χ2v) is 3.79. The molecule has 0 aliphatic rings. The third-order valence-electron chi connectivity index (χ3n) is 2.36. The predicted octanol–water partition coefficient (Wildman–Crippen LogP) is -0.756. The summed E-state index contributed by atoms with van der Waals surface area (Å²) < 4.78 is 5.30. The number of carbonyl (C=O) groups excluding carboxylic acids is 2. The number of nitrogens with two attached hydrogens (primary N) is 2. The Morgan fingerprint density at radius 3 is 2.74 bits per heavy atom. The lowest BCUT2D eigenvalue weighted by Gasteiger charge is -2.13. The van der Waals surface area contributed by atoms with Gasteiger partial charge in [0.25, 0.3) is 5.91 Å². The van der Waals surface area contributed by atoms with Crippen LogP contribution in [-0.4, -0.2) is 36.2 Å². The Bertz CT molecular complexity index is 476. The van der Waals surface area contributed by atoms with Crippen molar-refractivity contribution in [2.45, 2.75) is 13.0 Å². The summed E-state index contributed by atoms with van der Waals surface area (Å²) >= 11 is 0. The maximum Gasteiger partial charge on any atom is 0.255 e. The molecule has 1 aromatic carbocycles. The Morgan fingerprint density at radius 1 is 1.47 bits per heavy atom. The van der Waals surface area contributed by atoms with Crippen LogP contribution in [0.25, 0.3) is 0 Å². The van der Waals surface area contributed by atoms with Gasteiger partial charge in [0.15, 0.2) is 5.75 Å². The first kappa shape index (κ1) is 14.8. The summed E-state index contributed by atoms with van der Waals surface area (Å²) in [6.07, 6.45) is -1.43. The van der Waals surface area contributed by atoms with Crippen LogP contribution in [0.15, 0.2) is 18.2 Å².